The topological polar surface area (TPSA) is 18.5 Å². The molecule has 0 unspecified atom stereocenters. The second-order valence-electron chi connectivity index (χ2n) is 4.68. The Kier molecular flexibility index (Phi) is 4.70. The van der Waals surface area contributed by atoms with Crippen LogP contribution in [-0.4, -0.2) is 14.2 Å². The zero-order valence-electron chi connectivity index (χ0n) is 10.9. The molecule has 1 aromatic rings. The van der Waals surface area contributed by atoms with E-state index in [2.05, 4.69) is 28.1 Å². The highest BCUT2D eigenvalue weighted by Crippen LogP contribution is 2.37. The van der Waals surface area contributed by atoms with Gasteiger partial charge in [-0.3, -0.25) is 0 Å². The molecule has 1 aliphatic carbocycles. The lowest BCUT2D eigenvalue weighted by Crippen LogP contribution is -2.07. The number of hydrogen-bond donors (Lipinski definition) is 0. The number of allylic oxidation sites excluding steroid dienone is 1. The van der Waals surface area contributed by atoms with Crippen molar-refractivity contribution in [2.75, 3.05) is 14.2 Å². The van der Waals surface area contributed by atoms with Crippen LogP contribution in [0.25, 0.3) is 0 Å². The van der Waals surface area contributed by atoms with Crippen LogP contribution in [0.3, 0.4) is 0 Å². The molecule has 98 valence electrons. The van der Waals surface area contributed by atoms with E-state index in [1.54, 1.807) is 14.2 Å². The normalized spacial score (nSPS) is 19.5. The molecule has 0 amide bonds. The van der Waals surface area contributed by atoms with Crippen molar-refractivity contribution in [1.82, 2.24) is 0 Å². The minimum Gasteiger partial charge on any atom is -0.504 e. The van der Waals surface area contributed by atoms with Crippen molar-refractivity contribution in [3.05, 3.63) is 40.1 Å². The van der Waals surface area contributed by atoms with Gasteiger partial charge in [-0.2, -0.15) is 0 Å². The number of ether oxygens (including phenoxy) is 2. The van der Waals surface area contributed by atoms with Crippen LogP contribution in [0, 0.1) is 0 Å². The lowest BCUT2D eigenvalue weighted by molar-refractivity contribution is 0.326. The Hall–Kier alpha value is -0.960. The van der Waals surface area contributed by atoms with Crippen molar-refractivity contribution in [2.24, 2.45) is 0 Å². The van der Waals surface area contributed by atoms with Crippen LogP contribution in [0.2, 0.25) is 0 Å². The molecule has 0 bridgehead atoms. The van der Waals surface area contributed by atoms with E-state index >= 15 is 0 Å². The van der Waals surface area contributed by atoms with Crippen LogP contribution in [-0.2, 0) is 4.74 Å². The van der Waals surface area contributed by atoms with Gasteiger partial charge in [0, 0.05) is 0 Å². The predicted octanol–water partition coefficient (Wildman–Crippen LogP) is 4.65. The van der Waals surface area contributed by atoms with Gasteiger partial charge < -0.3 is 9.47 Å². The Morgan fingerprint density at radius 3 is 2.50 bits per heavy atom. The number of halogens is 1. The largest absolute Gasteiger partial charge is 0.504 e. The first-order valence-corrected chi connectivity index (χ1v) is 7.08. The minimum absolute atomic E-state index is 0.654. The summed E-state index contributed by atoms with van der Waals surface area (Å²) in [6, 6.07) is 6.41. The molecule has 1 fully saturated rings. The summed E-state index contributed by atoms with van der Waals surface area (Å²) in [5.41, 5.74) is 2.83. The fraction of sp³-hybridized carbons (Fsp3) is 0.467. The molecule has 0 saturated heterocycles. The first-order valence-electron chi connectivity index (χ1n) is 6.28. The third kappa shape index (κ3) is 3.08. The fourth-order valence-corrected chi connectivity index (χ4v) is 3.10. The van der Waals surface area contributed by atoms with Gasteiger partial charge in [0.1, 0.15) is 5.75 Å². The molecule has 0 aliphatic heterocycles. The van der Waals surface area contributed by atoms with Gasteiger partial charge in [-0.25, -0.2) is 0 Å². The molecular weight excluding hydrogens is 292 g/mol. The average Bonchev–Trinajstić information content (AvgIpc) is 2.40. The summed E-state index contributed by atoms with van der Waals surface area (Å²) >= 11 is 3.55. The number of benzene rings is 1. The van der Waals surface area contributed by atoms with E-state index in [9.17, 15) is 0 Å². The maximum absolute atomic E-state index is 5.26. The fourth-order valence-electron chi connectivity index (χ4n) is 2.54. The molecule has 0 heterocycles. The molecule has 2 nitrogen and oxygen atoms in total. The van der Waals surface area contributed by atoms with Crippen molar-refractivity contribution < 1.29 is 9.47 Å². The first kappa shape index (κ1) is 13.5. The number of hydrogen-bond acceptors (Lipinski definition) is 2. The molecule has 1 aliphatic rings. The third-order valence-electron chi connectivity index (χ3n) is 3.56. The van der Waals surface area contributed by atoms with Crippen LogP contribution in [0.15, 0.2) is 34.5 Å². The summed E-state index contributed by atoms with van der Waals surface area (Å²) < 4.78 is 11.4. The highest BCUT2D eigenvalue weighted by Gasteiger charge is 2.19. The van der Waals surface area contributed by atoms with E-state index < -0.39 is 0 Å². The van der Waals surface area contributed by atoms with Gasteiger partial charge in [-0.05, 0) is 70.8 Å². The summed E-state index contributed by atoms with van der Waals surface area (Å²) in [6.07, 6.45) is 6.59. The Bertz CT molecular complexity index is 430. The van der Waals surface area contributed by atoms with Gasteiger partial charge in [-0.15, -0.1) is 0 Å². The summed E-state index contributed by atoms with van der Waals surface area (Å²) in [5, 5.41) is 0. The van der Waals surface area contributed by atoms with Gasteiger partial charge in [-0.1, -0.05) is 6.07 Å². The summed E-state index contributed by atoms with van der Waals surface area (Å²) in [6.45, 7) is 0. The molecule has 0 N–H and O–H groups in total. The monoisotopic (exact) mass is 310 g/mol. The van der Waals surface area contributed by atoms with Gasteiger partial charge in [0.25, 0.3) is 0 Å². The zero-order chi connectivity index (χ0) is 13.0. The van der Waals surface area contributed by atoms with Crippen molar-refractivity contribution in [2.45, 2.75) is 31.6 Å². The maximum atomic E-state index is 5.26. The van der Waals surface area contributed by atoms with Crippen LogP contribution >= 0.6 is 15.9 Å². The van der Waals surface area contributed by atoms with Crippen LogP contribution in [0.1, 0.15) is 37.2 Å². The Labute approximate surface area is 117 Å². The van der Waals surface area contributed by atoms with E-state index in [4.69, 9.17) is 9.47 Å². The van der Waals surface area contributed by atoms with Gasteiger partial charge >= 0.3 is 0 Å². The molecule has 0 atom stereocenters. The zero-order valence-corrected chi connectivity index (χ0v) is 12.5. The van der Waals surface area contributed by atoms with E-state index in [1.807, 2.05) is 12.3 Å². The number of rotatable bonds is 3. The summed E-state index contributed by atoms with van der Waals surface area (Å²) in [5.74, 6) is 1.55. The van der Waals surface area contributed by atoms with Crippen LogP contribution in [0.4, 0.5) is 0 Å². The van der Waals surface area contributed by atoms with Gasteiger partial charge in [0.05, 0.1) is 25.0 Å². The highest BCUT2D eigenvalue weighted by atomic mass is 79.9. The number of methoxy groups -OCH3 is 2. The van der Waals surface area contributed by atoms with E-state index in [0.29, 0.717) is 5.92 Å². The molecule has 0 aromatic heterocycles. The Morgan fingerprint density at radius 1 is 1.22 bits per heavy atom. The Balaban J connectivity index is 2.05. The van der Waals surface area contributed by atoms with Crippen molar-refractivity contribution in [1.29, 1.82) is 0 Å². The molecule has 3 heteroatoms. The summed E-state index contributed by atoms with van der Waals surface area (Å²) in [4.78, 5) is 0. The molecule has 0 spiro atoms. The minimum atomic E-state index is 0.654. The predicted molar refractivity (Wildman–Crippen MR) is 77.0 cm³/mol. The highest BCUT2D eigenvalue weighted by molar-refractivity contribution is 9.10. The molecule has 1 saturated carbocycles. The molecule has 0 radical (unpaired) electrons. The SMILES string of the molecule is COC=C1CCC(c2ccc(OC)c(Br)c2)CC1. The molecular formula is C15H19BrO2. The third-order valence-corrected chi connectivity index (χ3v) is 4.18. The van der Waals surface area contributed by atoms with E-state index in [1.165, 1.54) is 24.0 Å². The van der Waals surface area contributed by atoms with Gasteiger partial charge in [0.15, 0.2) is 0 Å². The maximum Gasteiger partial charge on any atom is 0.133 e. The van der Waals surface area contributed by atoms with Crippen molar-refractivity contribution >= 4 is 15.9 Å². The van der Waals surface area contributed by atoms with E-state index in [0.717, 1.165) is 23.1 Å². The second-order valence-corrected chi connectivity index (χ2v) is 5.53. The standard InChI is InChI=1S/C15H19BrO2/c1-17-10-11-3-5-12(6-4-11)13-7-8-15(18-2)14(16)9-13/h7-10,12H,3-6H2,1-2H3. The summed E-state index contributed by atoms with van der Waals surface area (Å²) in [7, 11) is 3.42. The second kappa shape index (κ2) is 6.28. The van der Waals surface area contributed by atoms with Crippen LogP contribution in [0.5, 0.6) is 5.75 Å². The average molecular weight is 311 g/mol. The molecule has 1 aromatic carbocycles. The first-order chi connectivity index (χ1) is 8.74. The lowest BCUT2D eigenvalue weighted by Gasteiger charge is -2.24. The molecule has 2 rings (SSSR count). The van der Waals surface area contributed by atoms with Crippen molar-refractivity contribution in [3.8, 4) is 5.75 Å². The Morgan fingerprint density at radius 2 is 1.94 bits per heavy atom. The van der Waals surface area contributed by atoms with Crippen LogP contribution < -0.4 is 4.74 Å². The lowest BCUT2D eigenvalue weighted by atomic mass is 9.82. The smallest absolute Gasteiger partial charge is 0.133 e. The van der Waals surface area contributed by atoms with Gasteiger partial charge in [0.2, 0.25) is 0 Å². The molecule has 18 heavy (non-hydrogen) atoms. The quantitative estimate of drug-likeness (QED) is 0.757. The van der Waals surface area contributed by atoms with Crippen molar-refractivity contribution in [3.63, 3.8) is 0 Å². The van der Waals surface area contributed by atoms with E-state index in [-0.39, 0.29) is 0 Å².